The van der Waals surface area contributed by atoms with Crippen molar-refractivity contribution < 1.29 is 18.1 Å². The van der Waals surface area contributed by atoms with E-state index in [0.29, 0.717) is 12.2 Å². The molecule has 1 atom stereocenters. The highest BCUT2D eigenvalue weighted by molar-refractivity contribution is 5.78. The lowest BCUT2D eigenvalue weighted by Crippen LogP contribution is -2.28. The first-order valence-electron chi connectivity index (χ1n) is 8.25. The molecule has 26 heavy (non-hydrogen) atoms. The highest BCUT2D eigenvalue weighted by Gasteiger charge is 2.36. The number of hydrogen-bond acceptors (Lipinski definition) is 4. The van der Waals surface area contributed by atoms with Crippen LogP contribution < -0.4 is 0 Å². The standard InChI is InChI=1S/C19H15F2N3O2/c20-14-7-4-8-15(21)13(14)11-24-16(9-10-17(24)25)19-22-18(23-26-19)12-5-2-1-3-6-12/h1-8,16H,9-11H2. The van der Waals surface area contributed by atoms with Crippen molar-refractivity contribution in [3.63, 3.8) is 0 Å². The second-order valence-electron chi connectivity index (χ2n) is 6.10. The Labute approximate surface area is 148 Å². The number of nitrogens with zero attached hydrogens (tertiary/aromatic N) is 3. The normalized spacial score (nSPS) is 17.1. The summed E-state index contributed by atoms with van der Waals surface area (Å²) in [6, 6.07) is 12.4. The largest absolute Gasteiger partial charge is 0.337 e. The first-order valence-corrected chi connectivity index (χ1v) is 8.25. The summed E-state index contributed by atoms with van der Waals surface area (Å²) in [7, 11) is 0. The number of benzene rings is 2. The third-order valence-electron chi connectivity index (χ3n) is 4.48. The maximum Gasteiger partial charge on any atom is 0.249 e. The Morgan fingerprint density at radius 1 is 1.08 bits per heavy atom. The van der Waals surface area contributed by atoms with Gasteiger partial charge >= 0.3 is 0 Å². The highest BCUT2D eigenvalue weighted by atomic mass is 19.1. The van der Waals surface area contributed by atoms with Crippen LogP contribution in [0.15, 0.2) is 53.1 Å². The van der Waals surface area contributed by atoms with Gasteiger partial charge in [-0.15, -0.1) is 0 Å². The van der Waals surface area contributed by atoms with Crippen molar-refractivity contribution in [3.8, 4) is 11.4 Å². The van der Waals surface area contributed by atoms with Crippen LogP contribution >= 0.6 is 0 Å². The predicted octanol–water partition coefficient (Wildman–Crippen LogP) is 3.88. The topological polar surface area (TPSA) is 59.2 Å². The molecule has 1 aromatic heterocycles. The Morgan fingerprint density at radius 2 is 1.81 bits per heavy atom. The summed E-state index contributed by atoms with van der Waals surface area (Å²) < 4.78 is 33.3. The number of halogens is 2. The Balaban J connectivity index is 1.62. The van der Waals surface area contributed by atoms with Crippen molar-refractivity contribution in [2.24, 2.45) is 0 Å². The lowest BCUT2D eigenvalue weighted by Gasteiger charge is -2.22. The van der Waals surface area contributed by atoms with Crippen molar-refractivity contribution in [1.82, 2.24) is 15.0 Å². The van der Waals surface area contributed by atoms with Gasteiger partial charge in [0, 0.05) is 17.5 Å². The summed E-state index contributed by atoms with van der Waals surface area (Å²) in [6.07, 6.45) is 0.731. The van der Waals surface area contributed by atoms with Gasteiger partial charge < -0.3 is 9.42 Å². The summed E-state index contributed by atoms with van der Waals surface area (Å²) in [6.45, 7) is -0.176. The van der Waals surface area contributed by atoms with Gasteiger partial charge in [0.1, 0.15) is 17.7 Å². The van der Waals surface area contributed by atoms with E-state index in [4.69, 9.17) is 4.52 Å². The van der Waals surface area contributed by atoms with Gasteiger partial charge in [-0.1, -0.05) is 41.6 Å². The Kier molecular flexibility index (Phi) is 4.20. The van der Waals surface area contributed by atoms with E-state index in [0.717, 1.165) is 5.56 Å². The van der Waals surface area contributed by atoms with Crippen LogP contribution in [0, 0.1) is 11.6 Å². The van der Waals surface area contributed by atoms with Gasteiger partial charge in [-0.05, 0) is 18.6 Å². The van der Waals surface area contributed by atoms with Gasteiger partial charge in [0.25, 0.3) is 0 Å². The molecule has 0 N–H and O–H groups in total. The van der Waals surface area contributed by atoms with E-state index in [1.807, 2.05) is 30.3 Å². The first kappa shape index (κ1) is 16.4. The van der Waals surface area contributed by atoms with E-state index in [-0.39, 0.29) is 30.3 Å². The van der Waals surface area contributed by atoms with Crippen LogP contribution in [-0.4, -0.2) is 20.9 Å². The molecule has 4 rings (SSSR count). The average molecular weight is 355 g/mol. The van der Waals surface area contributed by atoms with Gasteiger partial charge in [0.15, 0.2) is 0 Å². The lowest BCUT2D eigenvalue weighted by molar-refractivity contribution is -0.130. The zero-order valence-electron chi connectivity index (χ0n) is 13.7. The number of hydrogen-bond donors (Lipinski definition) is 0. The molecule has 0 radical (unpaired) electrons. The predicted molar refractivity (Wildman–Crippen MR) is 88.6 cm³/mol. The fourth-order valence-corrected chi connectivity index (χ4v) is 3.12. The second-order valence-corrected chi connectivity index (χ2v) is 6.10. The molecule has 1 aliphatic rings. The highest BCUT2D eigenvalue weighted by Crippen LogP contribution is 2.34. The molecule has 1 aliphatic heterocycles. The van der Waals surface area contributed by atoms with Gasteiger partial charge in [0.2, 0.25) is 17.6 Å². The smallest absolute Gasteiger partial charge is 0.249 e. The third-order valence-corrected chi connectivity index (χ3v) is 4.48. The summed E-state index contributed by atoms with van der Waals surface area (Å²) in [4.78, 5) is 18.0. The SMILES string of the molecule is O=C1CCC(c2nc(-c3ccccc3)no2)N1Cc1c(F)cccc1F. The van der Waals surface area contributed by atoms with E-state index in [9.17, 15) is 13.6 Å². The fraction of sp³-hybridized carbons (Fsp3) is 0.211. The van der Waals surface area contributed by atoms with Gasteiger partial charge in [-0.2, -0.15) is 4.98 Å². The van der Waals surface area contributed by atoms with Crippen LogP contribution in [-0.2, 0) is 11.3 Å². The van der Waals surface area contributed by atoms with Crippen LogP contribution in [0.2, 0.25) is 0 Å². The minimum absolute atomic E-state index is 0.143. The molecule has 2 aromatic carbocycles. The zero-order chi connectivity index (χ0) is 18.1. The van der Waals surface area contributed by atoms with Crippen molar-refractivity contribution in [2.45, 2.75) is 25.4 Å². The second kappa shape index (κ2) is 6.67. The van der Waals surface area contributed by atoms with Crippen molar-refractivity contribution >= 4 is 5.91 Å². The molecule has 5 nitrogen and oxygen atoms in total. The fourth-order valence-electron chi connectivity index (χ4n) is 3.12. The van der Waals surface area contributed by atoms with E-state index in [1.165, 1.54) is 23.1 Å². The van der Waals surface area contributed by atoms with Crippen molar-refractivity contribution in [1.29, 1.82) is 0 Å². The molecule has 2 heterocycles. The van der Waals surface area contributed by atoms with Crippen molar-refractivity contribution in [3.05, 3.63) is 71.6 Å². The Bertz CT molecular complexity index is 923. The van der Waals surface area contributed by atoms with Gasteiger partial charge in [-0.3, -0.25) is 4.79 Å². The van der Waals surface area contributed by atoms with Crippen molar-refractivity contribution in [2.75, 3.05) is 0 Å². The molecule has 0 spiro atoms. The lowest BCUT2D eigenvalue weighted by atomic mass is 10.1. The zero-order valence-corrected chi connectivity index (χ0v) is 13.7. The molecule has 132 valence electrons. The minimum atomic E-state index is -0.682. The monoisotopic (exact) mass is 355 g/mol. The molecular formula is C19H15F2N3O2. The summed E-state index contributed by atoms with van der Waals surface area (Å²) in [5.74, 6) is -0.876. The molecule has 1 amide bonds. The number of aromatic nitrogens is 2. The minimum Gasteiger partial charge on any atom is -0.337 e. The molecule has 1 fully saturated rings. The van der Waals surface area contributed by atoms with E-state index < -0.39 is 17.7 Å². The summed E-state index contributed by atoms with van der Waals surface area (Å²) in [5, 5.41) is 3.96. The number of amides is 1. The van der Waals surface area contributed by atoms with Crippen LogP contribution in [0.3, 0.4) is 0 Å². The molecule has 3 aromatic rings. The average Bonchev–Trinajstić information content (AvgIpc) is 3.26. The van der Waals surface area contributed by atoms with Gasteiger partial charge in [0.05, 0.1) is 6.54 Å². The number of likely N-dealkylation sites (tertiary alicyclic amines) is 1. The first-order chi connectivity index (χ1) is 12.6. The summed E-state index contributed by atoms with van der Waals surface area (Å²) in [5.41, 5.74) is 0.647. The molecule has 0 bridgehead atoms. The van der Waals surface area contributed by atoms with E-state index in [1.54, 1.807) is 0 Å². The maximum absolute atomic E-state index is 14.0. The number of carbonyl (C=O) groups excluding carboxylic acids is 1. The number of carbonyl (C=O) groups is 1. The van der Waals surface area contributed by atoms with E-state index in [2.05, 4.69) is 10.1 Å². The Hall–Kier alpha value is -3.09. The molecule has 1 unspecified atom stereocenters. The molecule has 0 aliphatic carbocycles. The molecular weight excluding hydrogens is 340 g/mol. The molecule has 0 saturated carbocycles. The van der Waals surface area contributed by atoms with Crippen LogP contribution in [0.25, 0.3) is 11.4 Å². The molecule has 1 saturated heterocycles. The van der Waals surface area contributed by atoms with E-state index >= 15 is 0 Å². The van der Waals surface area contributed by atoms with Crippen LogP contribution in [0.4, 0.5) is 8.78 Å². The quantitative estimate of drug-likeness (QED) is 0.713. The van der Waals surface area contributed by atoms with Crippen LogP contribution in [0.5, 0.6) is 0 Å². The third kappa shape index (κ3) is 2.96. The molecule has 7 heteroatoms. The van der Waals surface area contributed by atoms with Crippen LogP contribution in [0.1, 0.15) is 30.3 Å². The summed E-state index contributed by atoms with van der Waals surface area (Å²) >= 11 is 0. The number of rotatable bonds is 4. The maximum atomic E-state index is 14.0. The van der Waals surface area contributed by atoms with Gasteiger partial charge in [-0.25, -0.2) is 8.78 Å². The Morgan fingerprint density at radius 3 is 2.54 bits per heavy atom.